The van der Waals surface area contributed by atoms with Crippen LogP contribution in [0.3, 0.4) is 0 Å². The monoisotopic (exact) mass is 332 g/mol. The molecule has 0 spiro atoms. The van der Waals surface area contributed by atoms with Crippen LogP contribution in [-0.4, -0.2) is 23.5 Å². The highest BCUT2D eigenvalue weighted by Crippen LogP contribution is 2.52. The maximum absolute atomic E-state index is 14.5. The van der Waals surface area contributed by atoms with Gasteiger partial charge >= 0.3 is 0 Å². The number of aliphatic imine (C=N–C) groups is 1. The Hall–Kier alpha value is -2.53. The summed E-state index contributed by atoms with van der Waals surface area (Å²) in [6.07, 6.45) is 0.0791. The van der Waals surface area contributed by atoms with Crippen LogP contribution in [0.25, 0.3) is 0 Å². The molecule has 1 aromatic carbocycles. The summed E-state index contributed by atoms with van der Waals surface area (Å²) in [5.74, 6) is -0.795. The lowest BCUT2D eigenvalue weighted by molar-refractivity contribution is -0.385. The number of non-ortho nitro benzene ring substituents is 1. The van der Waals surface area contributed by atoms with Crippen LogP contribution < -0.4 is 5.73 Å². The summed E-state index contributed by atoms with van der Waals surface area (Å²) >= 11 is 0. The van der Waals surface area contributed by atoms with Crippen LogP contribution in [0.5, 0.6) is 0 Å². The van der Waals surface area contributed by atoms with Gasteiger partial charge in [0.2, 0.25) is 0 Å². The van der Waals surface area contributed by atoms with Crippen molar-refractivity contribution in [3.05, 3.63) is 39.7 Å². The molecule has 8 heteroatoms. The summed E-state index contributed by atoms with van der Waals surface area (Å²) in [6.45, 7) is 3.58. The predicted octanol–water partition coefficient (Wildman–Crippen LogP) is 2.25. The molecule has 1 saturated heterocycles. The molecule has 0 radical (unpaired) electrons. The van der Waals surface area contributed by atoms with Crippen molar-refractivity contribution in [1.82, 2.24) is 0 Å². The molecule has 2 heterocycles. The Morgan fingerprint density at radius 1 is 1.58 bits per heavy atom. The standard InChI is InChI=1S/C16H17FN4O3/c1-9-12-6-15(2,7-18)14(19)20-16(12,8-24-9)11-5-10(21(22)23)3-4-13(11)17/h3-5,9,12H,6,8H2,1-2H3,(H2,19,20)/t9-,12-,15+,16-/m1/s1. The van der Waals surface area contributed by atoms with Crippen LogP contribution in [0.1, 0.15) is 25.8 Å². The van der Waals surface area contributed by atoms with Crippen LogP contribution >= 0.6 is 0 Å². The predicted molar refractivity (Wildman–Crippen MR) is 83.6 cm³/mol. The van der Waals surface area contributed by atoms with E-state index >= 15 is 0 Å². The number of nitrogens with zero attached hydrogens (tertiary/aromatic N) is 3. The van der Waals surface area contributed by atoms with Gasteiger partial charge in [-0.3, -0.25) is 15.1 Å². The third-order valence-corrected chi connectivity index (χ3v) is 5.13. The molecular weight excluding hydrogens is 315 g/mol. The van der Waals surface area contributed by atoms with Gasteiger partial charge < -0.3 is 10.5 Å². The first-order valence-corrected chi connectivity index (χ1v) is 7.56. The number of hydrogen-bond donors (Lipinski definition) is 1. The number of hydrogen-bond acceptors (Lipinski definition) is 6. The van der Waals surface area contributed by atoms with E-state index in [0.29, 0.717) is 6.42 Å². The van der Waals surface area contributed by atoms with E-state index in [9.17, 15) is 19.8 Å². The van der Waals surface area contributed by atoms with Crippen molar-refractivity contribution in [2.24, 2.45) is 22.1 Å². The lowest BCUT2D eigenvalue weighted by Gasteiger charge is -2.41. The van der Waals surface area contributed by atoms with E-state index in [0.717, 1.165) is 12.1 Å². The van der Waals surface area contributed by atoms with Crippen LogP contribution in [-0.2, 0) is 10.3 Å². The molecule has 7 nitrogen and oxygen atoms in total. The highest BCUT2D eigenvalue weighted by Gasteiger charge is 2.57. The smallest absolute Gasteiger partial charge is 0.270 e. The van der Waals surface area contributed by atoms with Crippen molar-refractivity contribution >= 4 is 11.5 Å². The Morgan fingerprint density at radius 2 is 2.29 bits per heavy atom. The minimum atomic E-state index is -1.14. The number of nitriles is 1. The van der Waals surface area contributed by atoms with Gasteiger partial charge in [0.1, 0.15) is 22.6 Å². The molecule has 2 N–H and O–H groups in total. The number of ether oxygens (including phenoxy) is 1. The molecule has 126 valence electrons. The van der Waals surface area contributed by atoms with E-state index in [-0.39, 0.29) is 35.7 Å². The molecule has 2 aliphatic rings. The van der Waals surface area contributed by atoms with Gasteiger partial charge in [0.15, 0.2) is 0 Å². The average Bonchev–Trinajstić information content (AvgIpc) is 2.85. The fourth-order valence-corrected chi connectivity index (χ4v) is 3.60. The van der Waals surface area contributed by atoms with Gasteiger partial charge in [0, 0.05) is 23.6 Å². The normalized spacial score (nSPS) is 35.0. The van der Waals surface area contributed by atoms with E-state index in [4.69, 9.17) is 10.5 Å². The van der Waals surface area contributed by atoms with E-state index in [1.165, 1.54) is 6.07 Å². The molecule has 0 aromatic heterocycles. The molecule has 2 aliphatic heterocycles. The van der Waals surface area contributed by atoms with Gasteiger partial charge in [-0.05, 0) is 26.3 Å². The fraction of sp³-hybridized carbons (Fsp3) is 0.500. The maximum atomic E-state index is 14.5. The number of benzene rings is 1. The van der Waals surface area contributed by atoms with E-state index in [1.807, 2.05) is 6.92 Å². The Morgan fingerprint density at radius 3 is 2.92 bits per heavy atom. The van der Waals surface area contributed by atoms with Crippen molar-refractivity contribution in [2.45, 2.75) is 31.9 Å². The van der Waals surface area contributed by atoms with Crippen molar-refractivity contribution in [3.8, 4) is 6.07 Å². The highest BCUT2D eigenvalue weighted by molar-refractivity contribution is 5.90. The molecule has 0 saturated carbocycles. The zero-order valence-corrected chi connectivity index (χ0v) is 13.3. The summed E-state index contributed by atoms with van der Waals surface area (Å²) in [5, 5.41) is 20.5. The summed E-state index contributed by atoms with van der Waals surface area (Å²) in [4.78, 5) is 14.9. The summed E-state index contributed by atoms with van der Waals surface area (Å²) in [5.41, 5.74) is 3.77. The lowest BCUT2D eigenvalue weighted by atomic mass is 9.67. The summed E-state index contributed by atoms with van der Waals surface area (Å²) in [6, 6.07) is 5.52. The first-order chi connectivity index (χ1) is 11.2. The van der Waals surface area contributed by atoms with Crippen molar-refractivity contribution in [1.29, 1.82) is 5.26 Å². The maximum Gasteiger partial charge on any atom is 0.270 e. The highest BCUT2D eigenvalue weighted by atomic mass is 19.1. The van der Waals surface area contributed by atoms with Gasteiger partial charge in [0.05, 0.1) is 23.7 Å². The Balaban J connectivity index is 2.23. The van der Waals surface area contributed by atoms with Gasteiger partial charge in [-0.25, -0.2) is 4.39 Å². The first kappa shape index (κ1) is 16.3. The second-order valence-corrected chi connectivity index (χ2v) is 6.61. The average molecular weight is 332 g/mol. The molecule has 1 fully saturated rings. The molecule has 3 rings (SSSR count). The Labute approximate surface area is 138 Å². The summed E-state index contributed by atoms with van der Waals surface area (Å²) < 4.78 is 20.2. The molecule has 0 bridgehead atoms. The minimum absolute atomic E-state index is 0.0686. The number of fused-ring (bicyclic) bond motifs is 1. The second-order valence-electron chi connectivity index (χ2n) is 6.61. The number of amidine groups is 1. The van der Waals surface area contributed by atoms with Crippen LogP contribution in [0.2, 0.25) is 0 Å². The summed E-state index contributed by atoms with van der Waals surface area (Å²) in [7, 11) is 0. The van der Waals surface area contributed by atoms with Crippen LogP contribution in [0.15, 0.2) is 23.2 Å². The number of rotatable bonds is 2. The van der Waals surface area contributed by atoms with Gasteiger partial charge in [-0.2, -0.15) is 5.26 Å². The zero-order valence-electron chi connectivity index (χ0n) is 13.3. The minimum Gasteiger partial charge on any atom is -0.386 e. The molecule has 4 atom stereocenters. The molecule has 1 aromatic rings. The molecule has 0 unspecified atom stereocenters. The van der Waals surface area contributed by atoms with Gasteiger partial charge in [-0.15, -0.1) is 0 Å². The van der Waals surface area contributed by atoms with E-state index < -0.39 is 21.7 Å². The number of nitro benzene ring substituents is 1. The largest absolute Gasteiger partial charge is 0.386 e. The van der Waals surface area contributed by atoms with Crippen molar-refractivity contribution in [2.75, 3.05) is 6.61 Å². The number of halogens is 1. The van der Waals surface area contributed by atoms with Gasteiger partial charge in [0.25, 0.3) is 5.69 Å². The van der Waals surface area contributed by atoms with Crippen LogP contribution in [0, 0.1) is 38.6 Å². The SMILES string of the molecule is C[C@H]1OC[C@]2(c3cc([N+](=O)[O-])ccc3F)N=C(N)[C@](C)(C#N)C[C@H]12. The Kier molecular flexibility index (Phi) is 3.57. The zero-order chi connectivity index (χ0) is 17.7. The fourth-order valence-electron chi connectivity index (χ4n) is 3.60. The molecule has 0 aliphatic carbocycles. The quantitative estimate of drug-likeness (QED) is 0.659. The number of nitrogens with two attached hydrogens (primary N) is 1. The van der Waals surface area contributed by atoms with E-state index in [2.05, 4.69) is 11.1 Å². The molecule has 24 heavy (non-hydrogen) atoms. The van der Waals surface area contributed by atoms with Crippen molar-refractivity contribution in [3.63, 3.8) is 0 Å². The third kappa shape index (κ3) is 2.16. The molecule has 0 amide bonds. The van der Waals surface area contributed by atoms with E-state index in [1.54, 1.807) is 6.92 Å². The number of nitro groups is 1. The molecular formula is C16H17FN4O3. The second kappa shape index (κ2) is 5.24. The van der Waals surface area contributed by atoms with Crippen LogP contribution in [0.4, 0.5) is 10.1 Å². The lowest BCUT2D eigenvalue weighted by Crippen LogP contribution is -2.49. The van der Waals surface area contributed by atoms with Crippen molar-refractivity contribution < 1.29 is 14.1 Å². The first-order valence-electron chi connectivity index (χ1n) is 7.56. The third-order valence-electron chi connectivity index (χ3n) is 5.13. The van der Waals surface area contributed by atoms with Gasteiger partial charge in [-0.1, -0.05) is 0 Å². The topological polar surface area (TPSA) is 115 Å². The Bertz CT molecular complexity index is 790.